The number of carbonyl (C=O) groups is 1. The summed E-state index contributed by atoms with van der Waals surface area (Å²) < 4.78 is 0. The number of amides is 1. The van der Waals surface area contributed by atoms with E-state index in [0.29, 0.717) is 10.5 Å². The number of para-hydroxylation sites is 1. The summed E-state index contributed by atoms with van der Waals surface area (Å²) in [4.78, 5) is 23.0. The first-order chi connectivity index (χ1) is 10.1. The van der Waals surface area contributed by atoms with Crippen LogP contribution in [0.3, 0.4) is 0 Å². The molecule has 0 bridgehead atoms. The van der Waals surface area contributed by atoms with Crippen LogP contribution in [0.1, 0.15) is 21.3 Å². The zero-order valence-corrected chi connectivity index (χ0v) is 11.5. The molecule has 0 spiro atoms. The molecule has 0 saturated heterocycles. The number of rotatable bonds is 2. The molecule has 2 aromatic carbocycles. The van der Waals surface area contributed by atoms with Crippen molar-refractivity contribution in [3.63, 3.8) is 0 Å². The maximum atomic E-state index is 12.1. The molecular formula is C14H10N2O4S. The molecule has 0 fully saturated rings. The van der Waals surface area contributed by atoms with Crippen molar-refractivity contribution in [2.24, 2.45) is 0 Å². The van der Waals surface area contributed by atoms with Crippen LogP contribution in [0.5, 0.6) is 5.75 Å². The van der Waals surface area contributed by atoms with E-state index in [9.17, 15) is 20.0 Å². The lowest BCUT2D eigenvalue weighted by Crippen LogP contribution is -2.30. The first-order valence-electron chi connectivity index (χ1n) is 6.10. The largest absolute Gasteiger partial charge is 0.508 e. The number of fused-ring (bicyclic) bond motifs is 1. The molecule has 0 radical (unpaired) electrons. The van der Waals surface area contributed by atoms with Gasteiger partial charge in [0.1, 0.15) is 11.1 Å². The highest BCUT2D eigenvalue weighted by molar-refractivity contribution is 7.99. The van der Waals surface area contributed by atoms with Crippen molar-refractivity contribution < 1.29 is 14.8 Å². The van der Waals surface area contributed by atoms with E-state index in [-0.39, 0.29) is 22.9 Å². The van der Waals surface area contributed by atoms with Crippen LogP contribution in [0, 0.1) is 10.1 Å². The Morgan fingerprint density at radius 2 is 2.00 bits per heavy atom. The second-order valence-electron chi connectivity index (χ2n) is 4.47. The lowest BCUT2D eigenvalue weighted by molar-refractivity contribution is -0.384. The minimum absolute atomic E-state index is 0.0978. The zero-order chi connectivity index (χ0) is 15.0. The number of phenolic OH excluding ortho intramolecular Hbond substituents is 1. The lowest BCUT2D eigenvalue weighted by atomic mass is 10.1. The van der Waals surface area contributed by atoms with Gasteiger partial charge in [-0.1, -0.05) is 30.0 Å². The first-order valence-corrected chi connectivity index (χ1v) is 6.98. The van der Waals surface area contributed by atoms with Crippen molar-refractivity contribution in [1.29, 1.82) is 0 Å². The molecule has 1 aliphatic heterocycles. The van der Waals surface area contributed by atoms with E-state index in [1.165, 1.54) is 23.9 Å². The molecule has 7 heteroatoms. The van der Waals surface area contributed by atoms with Crippen LogP contribution in [-0.4, -0.2) is 15.9 Å². The number of aromatic hydroxyl groups is 1. The predicted octanol–water partition coefficient (Wildman–Crippen LogP) is 2.83. The Kier molecular flexibility index (Phi) is 3.26. The van der Waals surface area contributed by atoms with Crippen molar-refractivity contribution in [3.05, 3.63) is 63.7 Å². The standard InChI is InChI=1S/C14H10N2O4S/c17-11-4-2-1-3-9(11)14-15-13(18)10-7-8(16(19)20)5-6-12(10)21-14/h1-7,14,17H,(H,15,18). The summed E-state index contributed by atoms with van der Waals surface area (Å²) in [6.45, 7) is 0. The number of nitro groups is 1. The fourth-order valence-electron chi connectivity index (χ4n) is 2.12. The number of nitro benzene ring substituents is 1. The average Bonchev–Trinajstić information content (AvgIpc) is 2.47. The number of hydrogen-bond acceptors (Lipinski definition) is 5. The van der Waals surface area contributed by atoms with Gasteiger partial charge in [0.2, 0.25) is 0 Å². The summed E-state index contributed by atoms with van der Waals surface area (Å²) in [7, 11) is 0. The molecule has 0 aliphatic carbocycles. The molecule has 2 N–H and O–H groups in total. The van der Waals surface area contributed by atoms with Crippen LogP contribution in [0.2, 0.25) is 0 Å². The molecule has 0 aromatic heterocycles. The third kappa shape index (κ3) is 2.43. The maximum Gasteiger partial charge on any atom is 0.270 e. The van der Waals surface area contributed by atoms with Crippen LogP contribution >= 0.6 is 11.8 Å². The van der Waals surface area contributed by atoms with Gasteiger partial charge in [-0.2, -0.15) is 0 Å². The number of carbonyl (C=O) groups excluding carboxylic acids is 1. The fraction of sp³-hybridized carbons (Fsp3) is 0.0714. The van der Waals surface area contributed by atoms with Gasteiger partial charge in [0.25, 0.3) is 11.6 Å². The molecule has 1 amide bonds. The quantitative estimate of drug-likeness (QED) is 0.657. The zero-order valence-electron chi connectivity index (χ0n) is 10.6. The molecule has 0 saturated carbocycles. The SMILES string of the molecule is O=C1NC(c2ccccc2O)Sc2ccc([N+](=O)[O-])cc21. The second kappa shape index (κ2) is 5.10. The van der Waals surface area contributed by atoms with E-state index in [0.717, 1.165) is 0 Å². The van der Waals surface area contributed by atoms with Crippen LogP contribution in [0.15, 0.2) is 47.4 Å². The number of nitrogens with zero attached hydrogens (tertiary/aromatic N) is 1. The lowest BCUT2D eigenvalue weighted by Gasteiger charge is -2.25. The monoisotopic (exact) mass is 302 g/mol. The smallest absolute Gasteiger partial charge is 0.270 e. The van der Waals surface area contributed by atoms with Gasteiger partial charge in [0.05, 0.1) is 10.5 Å². The van der Waals surface area contributed by atoms with Crippen molar-refractivity contribution >= 4 is 23.4 Å². The number of benzene rings is 2. The Balaban J connectivity index is 1.98. The molecule has 1 atom stereocenters. The van der Waals surface area contributed by atoms with Gasteiger partial charge in [0, 0.05) is 22.6 Å². The Morgan fingerprint density at radius 1 is 1.24 bits per heavy atom. The van der Waals surface area contributed by atoms with Crippen LogP contribution in [0.4, 0.5) is 5.69 Å². The molecule has 2 aromatic rings. The Morgan fingerprint density at radius 3 is 2.71 bits per heavy atom. The molecule has 106 valence electrons. The average molecular weight is 302 g/mol. The van der Waals surface area contributed by atoms with Gasteiger partial charge in [-0.25, -0.2) is 0 Å². The highest BCUT2D eigenvalue weighted by Gasteiger charge is 2.28. The van der Waals surface area contributed by atoms with E-state index in [2.05, 4.69) is 5.32 Å². The van der Waals surface area contributed by atoms with Crippen LogP contribution in [-0.2, 0) is 0 Å². The van der Waals surface area contributed by atoms with Gasteiger partial charge in [-0.05, 0) is 12.1 Å². The summed E-state index contributed by atoms with van der Waals surface area (Å²) >= 11 is 1.33. The first kappa shape index (κ1) is 13.4. The molecular weight excluding hydrogens is 292 g/mol. The number of non-ortho nitro benzene ring substituents is 1. The minimum atomic E-state index is -0.534. The number of thioether (sulfide) groups is 1. The fourth-order valence-corrected chi connectivity index (χ4v) is 3.29. The Labute approximate surface area is 123 Å². The predicted molar refractivity (Wildman–Crippen MR) is 77.3 cm³/mol. The van der Waals surface area contributed by atoms with Crippen molar-refractivity contribution in [2.45, 2.75) is 10.3 Å². The molecule has 1 heterocycles. The highest BCUT2D eigenvalue weighted by atomic mass is 32.2. The Bertz CT molecular complexity index is 748. The van der Waals surface area contributed by atoms with Crippen molar-refractivity contribution in [3.8, 4) is 5.75 Å². The topological polar surface area (TPSA) is 92.5 Å². The minimum Gasteiger partial charge on any atom is -0.508 e. The second-order valence-corrected chi connectivity index (χ2v) is 5.61. The molecule has 6 nitrogen and oxygen atoms in total. The highest BCUT2D eigenvalue weighted by Crippen LogP contribution is 2.42. The normalized spacial score (nSPS) is 17.0. The molecule has 1 unspecified atom stereocenters. The summed E-state index contributed by atoms with van der Waals surface area (Å²) in [5, 5.41) is 22.9. The van der Waals surface area contributed by atoms with E-state index < -0.39 is 10.3 Å². The third-order valence-electron chi connectivity index (χ3n) is 3.14. The van der Waals surface area contributed by atoms with E-state index in [1.807, 2.05) is 0 Å². The number of hydrogen-bond donors (Lipinski definition) is 2. The van der Waals surface area contributed by atoms with E-state index in [4.69, 9.17) is 0 Å². The van der Waals surface area contributed by atoms with Gasteiger partial charge >= 0.3 is 0 Å². The summed E-state index contributed by atoms with van der Waals surface area (Å²) in [6, 6.07) is 10.9. The van der Waals surface area contributed by atoms with Gasteiger partial charge in [-0.15, -0.1) is 0 Å². The van der Waals surface area contributed by atoms with Crippen molar-refractivity contribution in [1.82, 2.24) is 5.32 Å². The number of nitrogens with one attached hydrogen (secondary N) is 1. The van der Waals surface area contributed by atoms with Crippen LogP contribution in [0.25, 0.3) is 0 Å². The molecule has 1 aliphatic rings. The van der Waals surface area contributed by atoms with Gasteiger partial charge in [0.15, 0.2) is 0 Å². The van der Waals surface area contributed by atoms with E-state index >= 15 is 0 Å². The van der Waals surface area contributed by atoms with Gasteiger partial charge < -0.3 is 10.4 Å². The van der Waals surface area contributed by atoms with Crippen molar-refractivity contribution in [2.75, 3.05) is 0 Å². The van der Waals surface area contributed by atoms with E-state index in [1.54, 1.807) is 30.3 Å². The molecule has 3 rings (SSSR count). The van der Waals surface area contributed by atoms with Gasteiger partial charge in [-0.3, -0.25) is 14.9 Å². The number of phenols is 1. The Hall–Kier alpha value is -2.54. The maximum absolute atomic E-state index is 12.1. The van der Waals surface area contributed by atoms with Crippen LogP contribution < -0.4 is 5.32 Å². The summed E-state index contributed by atoms with van der Waals surface area (Å²) in [5.41, 5.74) is 0.756. The molecule has 21 heavy (non-hydrogen) atoms. The summed E-state index contributed by atoms with van der Waals surface area (Å²) in [5.74, 6) is -0.290. The summed E-state index contributed by atoms with van der Waals surface area (Å²) in [6.07, 6.45) is 0. The third-order valence-corrected chi connectivity index (χ3v) is 4.36.